The lowest BCUT2D eigenvalue weighted by molar-refractivity contribution is -0.123. The van der Waals surface area contributed by atoms with Gasteiger partial charge in [-0.1, -0.05) is 0 Å². The molecule has 158 valence electrons. The Morgan fingerprint density at radius 2 is 1.94 bits per heavy atom. The molecule has 0 atom stereocenters. The summed E-state index contributed by atoms with van der Waals surface area (Å²) in [6, 6.07) is 11.4. The van der Waals surface area contributed by atoms with E-state index in [4.69, 9.17) is 4.74 Å². The van der Waals surface area contributed by atoms with E-state index in [2.05, 4.69) is 9.55 Å². The van der Waals surface area contributed by atoms with Crippen LogP contribution < -0.4 is 4.74 Å². The van der Waals surface area contributed by atoms with Crippen LogP contribution in [0.2, 0.25) is 0 Å². The molecule has 2 aromatic heterocycles. The third kappa shape index (κ3) is 4.39. The number of imide groups is 1. The number of rotatable bonds is 6. The molecule has 3 aromatic rings. The van der Waals surface area contributed by atoms with Gasteiger partial charge in [0.25, 0.3) is 11.1 Å². The van der Waals surface area contributed by atoms with Crippen molar-refractivity contribution in [3.63, 3.8) is 0 Å². The van der Waals surface area contributed by atoms with Crippen LogP contribution >= 0.6 is 11.8 Å². The van der Waals surface area contributed by atoms with Gasteiger partial charge in [-0.3, -0.25) is 19.5 Å². The summed E-state index contributed by atoms with van der Waals surface area (Å²) >= 11 is 0.916. The van der Waals surface area contributed by atoms with E-state index in [0.717, 1.165) is 34.4 Å². The van der Waals surface area contributed by atoms with Crippen molar-refractivity contribution < 1.29 is 18.7 Å². The van der Waals surface area contributed by atoms with Crippen molar-refractivity contribution in [2.75, 3.05) is 13.2 Å². The fourth-order valence-electron chi connectivity index (χ4n) is 3.44. The van der Waals surface area contributed by atoms with Gasteiger partial charge in [0.15, 0.2) is 0 Å². The maximum atomic E-state index is 13.0. The number of carbonyl (C=O) groups excluding carboxylic acids is 2. The van der Waals surface area contributed by atoms with Crippen molar-refractivity contribution in [1.29, 1.82) is 0 Å². The average molecular weight is 437 g/mol. The van der Waals surface area contributed by atoms with Gasteiger partial charge >= 0.3 is 0 Å². The second-order valence-electron chi connectivity index (χ2n) is 7.01. The van der Waals surface area contributed by atoms with Crippen molar-refractivity contribution >= 4 is 29.0 Å². The molecule has 0 saturated carbocycles. The minimum Gasteiger partial charge on any atom is -0.492 e. The minimum absolute atomic E-state index is 0.119. The van der Waals surface area contributed by atoms with Gasteiger partial charge in [0.2, 0.25) is 0 Å². The Labute approximate surface area is 183 Å². The number of ether oxygens (including phenoxy) is 1. The first-order valence-electron chi connectivity index (χ1n) is 9.67. The number of carbonyl (C=O) groups is 2. The van der Waals surface area contributed by atoms with Gasteiger partial charge in [0.05, 0.1) is 23.3 Å². The van der Waals surface area contributed by atoms with Crippen molar-refractivity contribution in [2.24, 2.45) is 0 Å². The molecule has 8 heteroatoms. The van der Waals surface area contributed by atoms with Crippen LogP contribution in [0.1, 0.15) is 17.0 Å². The van der Waals surface area contributed by atoms with Gasteiger partial charge in [0.1, 0.15) is 18.2 Å². The summed E-state index contributed by atoms with van der Waals surface area (Å²) in [6.07, 6.45) is 5.24. The van der Waals surface area contributed by atoms with Crippen molar-refractivity contribution in [3.05, 3.63) is 82.5 Å². The van der Waals surface area contributed by atoms with Crippen LogP contribution in [0, 0.1) is 19.7 Å². The molecule has 4 rings (SSSR count). The number of pyridine rings is 1. The first-order chi connectivity index (χ1) is 14.9. The number of aromatic nitrogens is 2. The molecule has 0 unspecified atom stereocenters. The Hall–Kier alpha value is -3.39. The van der Waals surface area contributed by atoms with Crippen molar-refractivity contribution in [2.45, 2.75) is 13.8 Å². The molecule has 31 heavy (non-hydrogen) atoms. The van der Waals surface area contributed by atoms with E-state index in [1.165, 1.54) is 29.2 Å². The van der Waals surface area contributed by atoms with Crippen LogP contribution in [-0.4, -0.2) is 38.7 Å². The maximum absolute atomic E-state index is 13.0. The number of hydrogen-bond donors (Lipinski definition) is 0. The zero-order chi connectivity index (χ0) is 22.0. The van der Waals surface area contributed by atoms with Crippen LogP contribution in [0.4, 0.5) is 9.18 Å². The molecule has 0 radical (unpaired) electrons. The highest BCUT2D eigenvalue weighted by molar-refractivity contribution is 8.18. The van der Waals surface area contributed by atoms with Gasteiger partial charge in [-0.15, -0.1) is 0 Å². The molecule has 1 saturated heterocycles. The van der Waals surface area contributed by atoms with Crippen molar-refractivity contribution in [3.8, 4) is 11.4 Å². The van der Waals surface area contributed by atoms with Gasteiger partial charge in [-0.05, 0) is 79.7 Å². The molecule has 1 fully saturated rings. The molecule has 2 amide bonds. The molecule has 1 aliphatic rings. The van der Waals surface area contributed by atoms with Crippen LogP contribution in [0.5, 0.6) is 5.75 Å². The molecule has 0 N–H and O–H groups in total. The van der Waals surface area contributed by atoms with Crippen LogP contribution in [0.25, 0.3) is 11.8 Å². The molecular weight excluding hydrogens is 417 g/mol. The zero-order valence-corrected chi connectivity index (χ0v) is 17.9. The van der Waals surface area contributed by atoms with Gasteiger partial charge in [0, 0.05) is 17.6 Å². The Morgan fingerprint density at radius 3 is 2.65 bits per heavy atom. The largest absolute Gasteiger partial charge is 0.492 e. The topological polar surface area (TPSA) is 64.4 Å². The summed E-state index contributed by atoms with van der Waals surface area (Å²) in [6.45, 7) is 4.20. The Bertz CT molecular complexity index is 1160. The van der Waals surface area contributed by atoms with E-state index in [1.807, 2.05) is 32.0 Å². The highest BCUT2D eigenvalue weighted by Gasteiger charge is 2.35. The highest BCUT2D eigenvalue weighted by Crippen LogP contribution is 2.33. The second kappa shape index (κ2) is 8.77. The molecule has 0 bridgehead atoms. The number of amides is 2. The summed E-state index contributed by atoms with van der Waals surface area (Å²) in [5, 5.41) is -0.333. The summed E-state index contributed by atoms with van der Waals surface area (Å²) in [5.41, 5.74) is 3.76. The third-order valence-corrected chi connectivity index (χ3v) is 5.84. The Kier molecular flexibility index (Phi) is 5.90. The predicted octanol–water partition coefficient (Wildman–Crippen LogP) is 4.74. The van der Waals surface area contributed by atoms with E-state index in [9.17, 15) is 14.0 Å². The van der Waals surface area contributed by atoms with E-state index in [1.54, 1.807) is 18.5 Å². The number of aryl methyl sites for hydroxylation is 1. The third-order valence-electron chi connectivity index (χ3n) is 4.93. The first kappa shape index (κ1) is 20.9. The number of halogens is 1. The van der Waals surface area contributed by atoms with E-state index < -0.39 is 0 Å². The number of benzene rings is 1. The standard InChI is InChI=1S/C23H20FN3O3S/c1-15-12-17(16(2)27(15)19-4-3-9-25-14-19)13-21-22(28)26(23(29)31-21)10-11-30-20-7-5-18(24)6-8-20/h3-9,12-14H,10-11H2,1-2H3/b21-13-. The van der Waals surface area contributed by atoms with E-state index >= 15 is 0 Å². The fraction of sp³-hybridized carbons (Fsp3) is 0.174. The molecule has 1 aliphatic heterocycles. The summed E-state index contributed by atoms with van der Waals surface area (Å²) in [7, 11) is 0. The molecule has 6 nitrogen and oxygen atoms in total. The smallest absolute Gasteiger partial charge is 0.293 e. The van der Waals surface area contributed by atoms with Gasteiger partial charge in [-0.2, -0.15) is 0 Å². The normalized spacial score (nSPS) is 15.2. The molecule has 1 aromatic carbocycles. The zero-order valence-electron chi connectivity index (χ0n) is 17.0. The lowest BCUT2D eigenvalue weighted by Crippen LogP contribution is -2.32. The predicted molar refractivity (Wildman–Crippen MR) is 118 cm³/mol. The van der Waals surface area contributed by atoms with Gasteiger partial charge < -0.3 is 9.30 Å². The lowest BCUT2D eigenvalue weighted by atomic mass is 10.2. The minimum atomic E-state index is -0.355. The molecule has 0 aliphatic carbocycles. The second-order valence-corrected chi connectivity index (χ2v) is 8.00. The number of thioether (sulfide) groups is 1. The Balaban J connectivity index is 1.48. The Morgan fingerprint density at radius 1 is 1.16 bits per heavy atom. The summed E-state index contributed by atoms with van der Waals surface area (Å²) in [5.74, 6) is -0.220. The maximum Gasteiger partial charge on any atom is 0.293 e. The molecule has 3 heterocycles. The number of nitrogens with zero attached hydrogens (tertiary/aromatic N) is 3. The van der Waals surface area contributed by atoms with E-state index in [0.29, 0.717) is 10.7 Å². The van der Waals surface area contributed by atoms with Crippen molar-refractivity contribution in [1.82, 2.24) is 14.5 Å². The van der Waals surface area contributed by atoms with Crippen LogP contribution in [0.3, 0.4) is 0 Å². The van der Waals surface area contributed by atoms with E-state index in [-0.39, 0.29) is 30.1 Å². The first-order valence-corrected chi connectivity index (χ1v) is 10.5. The highest BCUT2D eigenvalue weighted by atomic mass is 32.2. The van der Waals surface area contributed by atoms with Gasteiger partial charge in [-0.25, -0.2) is 4.39 Å². The molecular formula is C23H20FN3O3S. The quantitative estimate of drug-likeness (QED) is 0.521. The molecule has 0 spiro atoms. The van der Waals surface area contributed by atoms with Crippen LogP contribution in [-0.2, 0) is 4.79 Å². The monoisotopic (exact) mass is 437 g/mol. The lowest BCUT2D eigenvalue weighted by Gasteiger charge is -2.13. The summed E-state index contributed by atoms with van der Waals surface area (Å²) in [4.78, 5) is 30.8. The SMILES string of the molecule is Cc1cc(/C=C2\SC(=O)N(CCOc3ccc(F)cc3)C2=O)c(C)n1-c1cccnc1. The number of hydrogen-bond acceptors (Lipinski definition) is 5. The summed E-state index contributed by atoms with van der Waals surface area (Å²) < 4.78 is 20.5. The average Bonchev–Trinajstić information content (AvgIpc) is 3.19. The fourth-order valence-corrected chi connectivity index (χ4v) is 4.29. The van der Waals surface area contributed by atoms with Crippen LogP contribution in [0.15, 0.2) is 59.8 Å².